The van der Waals surface area contributed by atoms with Crippen molar-refractivity contribution in [3.8, 4) is 0 Å². The quantitative estimate of drug-likeness (QED) is 0.863. The molecular weight excluding hydrogens is 310 g/mol. The lowest BCUT2D eigenvalue weighted by molar-refractivity contribution is 0.521. The second-order valence-electron chi connectivity index (χ2n) is 5.91. The lowest BCUT2D eigenvalue weighted by Crippen LogP contribution is -2.16. The molecule has 118 valence electrons. The Bertz CT molecular complexity index is 747. The van der Waals surface area contributed by atoms with E-state index in [0.717, 1.165) is 31.8 Å². The number of anilines is 1. The molecule has 1 aliphatic rings. The first kappa shape index (κ1) is 16.3. The molecule has 0 unspecified atom stereocenters. The van der Waals surface area contributed by atoms with Crippen LogP contribution >= 0.6 is 0 Å². The molecule has 0 amide bonds. The fourth-order valence-corrected chi connectivity index (χ4v) is 3.90. The molecule has 0 saturated heterocycles. The van der Waals surface area contributed by atoms with Crippen molar-refractivity contribution in [1.82, 2.24) is 0 Å². The molecule has 0 bridgehead atoms. The van der Waals surface area contributed by atoms with Gasteiger partial charge < -0.3 is 5.32 Å². The average Bonchev–Trinajstić information content (AvgIpc) is 3.14. The van der Waals surface area contributed by atoms with Crippen molar-refractivity contribution in [2.75, 3.05) is 24.4 Å². The Hall–Kier alpha value is -1.08. The van der Waals surface area contributed by atoms with Crippen molar-refractivity contribution in [3.05, 3.63) is 18.2 Å². The van der Waals surface area contributed by atoms with Crippen LogP contribution in [0.2, 0.25) is 0 Å². The third-order valence-electron chi connectivity index (χ3n) is 4.14. The smallest absolute Gasteiger partial charge is 0.177 e. The minimum Gasteiger partial charge on any atom is -0.383 e. The van der Waals surface area contributed by atoms with Crippen LogP contribution in [0.3, 0.4) is 0 Å². The number of nitrogens with one attached hydrogen (secondary N) is 1. The zero-order valence-corrected chi connectivity index (χ0v) is 14.1. The Kier molecular flexibility index (Phi) is 4.10. The molecular formula is C14H21NO4S2. The van der Waals surface area contributed by atoms with Gasteiger partial charge in [0.2, 0.25) is 0 Å². The van der Waals surface area contributed by atoms with Gasteiger partial charge in [0.1, 0.15) is 0 Å². The summed E-state index contributed by atoms with van der Waals surface area (Å²) in [6, 6.07) is 4.22. The normalized spacial score (nSPS) is 17.5. The molecule has 0 aromatic heterocycles. The molecule has 1 saturated carbocycles. The van der Waals surface area contributed by atoms with Crippen LogP contribution < -0.4 is 5.32 Å². The van der Waals surface area contributed by atoms with E-state index in [4.69, 9.17) is 0 Å². The van der Waals surface area contributed by atoms with Crippen molar-refractivity contribution in [3.63, 3.8) is 0 Å². The zero-order valence-electron chi connectivity index (χ0n) is 12.5. The number of rotatable bonds is 6. The van der Waals surface area contributed by atoms with E-state index in [1.165, 1.54) is 12.1 Å². The zero-order chi connectivity index (χ0) is 15.9. The second-order valence-corrected chi connectivity index (χ2v) is 9.91. The summed E-state index contributed by atoms with van der Waals surface area (Å²) in [5.41, 5.74) is 0.745. The fraction of sp³-hybridized carbons (Fsp3) is 0.571. The SMILES string of the molecule is CCC1(CNc2ccc(S(C)(=O)=O)cc2S(C)(=O)=O)CC1. The summed E-state index contributed by atoms with van der Waals surface area (Å²) < 4.78 is 47.0. The summed E-state index contributed by atoms with van der Waals surface area (Å²) in [7, 11) is -6.93. The minimum atomic E-state index is -3.50. The van der Waals surface area contributed by atoms with E-state index in [1.54, 1.807) is 6.07 Å². The summed E-state index contributed by atoms with van der Waals surface area (Å²) >= 11 is 0. The predicted octanol–water partition coefficient (Wildman–Crippen LogP) is 2.10. The monoisotopic (exact) mass is 331 g/mol. The molecule has 1 fully saturated rings. The highest BCUT2D eigenvalue weighted by Crippen LogP contribution is 2.48. The van der Waals surface area contributed by atoms with Crippen LogP contribution in [-0.2, 0) is 19.7 Å². The van der Waals surface area contributed by atoms with Crippen molar-refractivity contribution < 1.29 is 16.8 Å². The van der Waals surface area contributed by atoms with E-state index in [9.17, 15) is 16.8 Å². The van der Waals surface area contributed by atoms with E-state index < -0.39 is 19.7 Å². The van der Waals surface area contributed by atoms with Gasteiger partial charge in [-0.05, 0) is 42.9 Å². The van der Waals surface area contributed by atoms with Gasteiger partial charge in [-0.15, -0.1) is 0 Å². The molecule has 7 heteroatoms. The van der Waals surface area contributed by atoms with Gasteiger partial charge in [0.05, 0.1) is 15.5 Å². The Morgan fingerprint density at radius 2 is 1.71 bits per heavy atom. The first-order valence-corrected chi connectivity index (χ1v) is 10.6. The largest absolute Gasteiger partial charge is 0.383 e. The molecule has 0 atom stereocenters. The van der Waals surface area contributed by atoms with E-state index >= 15 is 0 Å². The van der Waals surface area contributed by atoms with Crippen LogP contribution in [0.25, 0.3) is 0 Å². The molecule has 2 rings (SSSR count). The second kappa shape index (κ2) is 5.28. The molecule has 1 N–H and O–H groups in total. The van der Waals surface area contributed by atoms with Gasteiger partial charge in [-0.2, -0.15) is 0 Å². The van der Waals surface area contributed by atoms with Crippen LogP contribution in [0.4, 0.5) is 5.69 Å². The first-order valence-electron chi connectivity index (χ1n) is 6.85. The van der Waals surface area contributed by atoms with Crippen molar-refractivity contribution >= 4 is 25.4 Å². The summed E-state index contributed by atoms with van der Waals surface area (Å²) in [6.45, 7) is 2.84. The number of hydrogen-bond acceptors (Lipinski definition) is 5. The average molecular weight is 331 g/mol. The molecule has 0 radical (unpaired) electrons. The third kappa shape index (κ3) is 3.77. The summed E-state index contributed by atoms with van der Waals surface area (Å²) in [4.78, 5) is 0.0578. The van der Waals surface area contributed by atoms with Gasteiger partial charge in [-0.25, -0.2) is 16.8 Å². The topological polar surface area (TPSA) is 80.3 Å². The standard InChI is InChI=1S/C14H21NO4S2/c1-4-14(7-8-14)10-15-12-6-5-11(20(2,16)17)9-13(12)21(3,18)19/h5-6,9,15H,4,7-8,10H2,1-3H3. The van der Waals surface area contributed by atoms with Crippen LogP contribution in [-0.4, -0.2) is 35.9 Å². The van der Waals surface area contributed by atoms with Crippen molar-refractivity contribution in [2.45, 2.75) is 36.0 Å². The maximum Gasteiger partial charge on any atom is 0.177 e. The maximum atomic E-state index is 11.9. The molecule has 0 spiro atoms. The molecule has 1 aromatic carbocycles. The summed E-state index contributed by atoms with van der Waals surface area (Å²) in [5.74, 6) is 0. The van der Waals surface area contributed by atoms with Gasteiger partial charge in [-0.1, -0.05) is 6.92 Å². The van der Waals surface area contributed by atoms with E-state index in [1.807, 2.05) is 0 Å². The van der Waals surface area contributed by atoms with Gasteiger partial charge in [0, 0.05) is 19.1 Å². The van der Waals surface area contributed by atoms with Crippen molar-refractivity contribution in [1.29, 1.82) is 0 Å². The van der Waals surface area contributed by atoms with Crippen LogP contribution in [0.1, 0.15) is 26.2 Å². The first-order chi connectivity index (χ1) is 9.57. The van der Waals surface area contributed by atoms with E-state index in [0.29, 0.717) is 12.2 Å². The Balaban J connectivity index is 2.37. The minimum absolute atomic E-state index is 0.0186. The lowest BCUT2D eigenvalue weighted by atomic mass is 10.0. The predicted molar refractivity (Wildman–Crippen MR) is 83.1 cm³/mol. The summed E-state index contributed by atoms with van der Waals surface area (Å²) in [6.07, 6.45) is 5.50. The lowest BCUT2D eigenvalue weighted by Gasteiger charge is -2.17. The van der Waals surface area contributed by atoms with Crippen LogP contribution in [0.15, 0.2) is 28.0 Å². The number of hydrogen-bond donors (Lipinski definition) is 1. The molecule has 1 aliphatic carbocycles. The van der Waals surface area contributed by atoms with Crippen LogP contribution in [0, 0.1) is 5.41 Å². The fourth-order valence-electron chi connectivity index (χ4n) is 2.30. The number of benzene rings is 1. The highest BCUT2D eigenvalue weighted by atomic mass is 32.2. The summed E-state index contributed by atoms with van der Waals surface area (Å²) in [5, 5.41) is 3.18. The van der Waals surface area contributed by atoms with E-state index in [-0.39, 0.29) is 15.2 Å². The Labute approximate surface area is 126 Å². The molecule has 0 heterocycles. The molecule has 1 aromatic rings. The van der Waals surface area contributed by atoms with Crippen LogP contribution in [0.5, 0.6) is 0 Å². The number of sulfone groups is 2. The van der Waals surface area contributed by atoms with Gasteiger partial charge in [0.25, 0.3) is 0 Å². The highest BCUT2D eigenvalue weighted by Gasteiger charge is 2.40. The van der Waals surface area contributed by atoms with Crippen molar-refractivity contribution in [2.24, 2.45) is 5.41 Å². The maximum absolute atomic E-state index is 11.9. The van der Waals surface area contributed by atoms with Gasteiger partial charge in [-0.3, -0.25) is 0 Å². The Morgan fingerprint density at radius 3 is 2.14 bits per heavy atom. The third-order valence-corrected chi connectivity index (χ3v) is 6.39. The van der Waals surface area contributed by atoms with E-state index in [2.05, 4.69) is 12.2 Å². The van der Waals surface area contributed by atoms with Gasteiger partial charge >= 0.3 is 0 Å². The molecule has 21 heavy (non-hydrogen) atoms. The Morgan fingerprint density at radius 1 is 1.10 bits per heavy atom. The van der Waals surface area contributed by atoms with Gasteiger partial charge in [0.15, 0.2) is 19.7 Å². The highest BCUT2D eigenvalue weighted by molar-refractivity contribution is 7.91. The molecule has 0 aliphatic heterocycles. The molecule has 5 nitrogen and oxygen atoms in total.